The fraction of sp³-hybridized carbons (Fsp3) is 0.0625. The van der Waals surface area contributed by atoms with Crippen molar-refractivity contribution >= 4 is 17.5 Å². The van der Waals surface area contributed by atoms with Gasteiger partial charge in [0.15, 0.2) is 5.69 Å². The highest BCUT2D eigenvalue weighted by Gasteiger charge is 2.11. The van der Waals surface area contributed by atoms with Crippen molar-refractivity contribution < 1.29 is 4.79 Å². The number of para-hydroxylation sites is 1. The summed E-state index contributed by atoms with van der Waals surface area (Å²) in [6.07, 6.45) is 1.44. The van der Waals surface area contributed by atoms with Gasteiger partial charge in [-0.2, -0.15) is 9.90 Å². The molecule has 0 aliphatic rings. The maximum absolute atomic E-state index is 12.1. The molecule has 0 saturated carbocycles. The van der Waals surface area contributed by atoms with E-state index in [4.69, 9.17) is 11.6 Å². The standard InChI is InChI=1S/C16H13ClN4O/c17-14-9-5-4-6-12(14)10-18-16(22)15-11-19-21(20-15)13-7-2-1-3-8-13/h1-9,11H,10H2,(H,18,22). The van der Waals surface area contributed by atoms with Crippen molar-refractivity contribution in [2.45, 2.75) is 6.54 Å². The molecule has 3 aromatic rings. The zero-order chi connectivity index (χ0) is 15.4. The Balaban J connectivity index is 1.69. The molecular formula is C16H13ClN4O. The van der Waals surface area contributed by atoms with Gasteiger partial charge in [-0.3, -0.25) is 4.79 Å². The minimum atomic E-state index is -0.290. The zero-order valence-corrected chi connectivity index (χ0v) is 12.4. The Labute approximate surface area is 132 Å². The molecule has 0 unspecified atom stereocenters. The third kappa shape index (κ3) is 3.15. The van der Waals surface area contributed by atoms with E-state index < -0.39 is 0 Å². The van der Waals surface area contributed by atoms with Crippen molar-refractivity contribution in [1.82, 2.24) is 20.3 Å². The highest BCUT2D eigenvalue weighted by molar-refractivity contribution is 6.31. The first-order valence-corrected chi connectivity index (χ1v) is 7.11. The Morgan fingerprint density at radius 2 is 1.82 bits per heavy atom. The van der Waals surface area contributed by atoms with E-state index in [1.165, 1.54) is 11.0 Å². The summed E-state index contributed by atoms with van der Waals surface area (Å²) in [4.78, 5) is 13.5. The van der Waals surface area contributed by atoms with E-state index in [0.29, 0.717) is 11.6 Å². The molecule has 0 saturated heterocycles. The van der Waals surface area contributed by atoms with Crippen LogP contribution in [0.2, 0.25) is 5.02 Å². The summed E-state index contributed by atoms with van der Waals surface area (Å²) in [6, 6.07) is 16.8. The molecule has 0 aliphatic carbocycles. The summed E-state index contributed by atoms with van der Waals surface area (Å²) >= 11 is 6.05. The topological polar surface area (TPSA) is 59.8 Å². The number of carbonyl (C=O) groups excluding carboxylic acids is 1. The van der Waals surface area contributed by atoms with Crippen molar-refractivity contribution in [2.24, 2.45) is 0 Å². The van der Waals surface area contributed by atoms with E-state index in [1.54, 1.807) is 6.07 Å². The first kappa shape index (κ1) is 14.3. The summed E-state index contributed by atoms with van der Waals surface area (Å²) < 4.78 is 0. The molecule has 0 aliphatic heterocycles. The van der Waals surface area contributed by atoms with Crippen LogP contribution in [0.5, 0.6) is 0 Å². The van der Waals surface area contributed by atoms with Crippen molar-refractivity contribution in [3.63, 3.8) is 0 Å². The van der Waals surface area contributed by atoms with Crippen LogP contribution in [0.4, 0.5) is 0 Å². The van der Waals surface area contributed by atoms with Gasteiger partial charge in [-0.1, -0.05) is 48.0 Å². The number of hydrogen-bond donors (Lipinski definition) is 1. The molecular weight excluding hydrogens is 300 g/mol. The lowest BCUT2D eigenvalue weighted by Gasteiger charge is -2.05. The van der Waals surface area contributed by atoms with Crippen LogP contribution in [-0.2, 0) is 6.54 Å². The van der Waals surface area contributed by atoms with E-state index in [-0.39, 0.29) is 11.6 Å². The summed E-state index contributed by atoms with van der Waals surface area (Å²) in [5.74, 6) is -0.290. The number of nitrogens with one attached hydrogen (secondary N) is 1. The molecule has 0 bridgehead atoms. The van der Waals surface area contributed by atoms with Crippen LogP contribution in [0.1, 0.15) is 16.1 Å². The normalized spacial score (nSPS) is 10.4. The van der Waals surface area contributed by atoms with Gasteiger partial charge in [0.1, 0.15) is 0 Å². The van der Waals surface area contributed by atoms with Crippen molar-refractivity contribution in [1.29, 1.82) is 0 Å². The SMILES string of the molecule is O=C(NCc1ccccc1Cl)c1cnn(-c2ccccc2)n1. The van der Waals surface area contributed by atoms with Crippen LogP contribution in [-0.4, -0.2) is 20.9 Å². The largest absolute Gasteiger partial charge is 0.346 e. The lowest BCUT2D eigenvalue weighted by atomic mass is 10.2. The lowest BCUT2D eigenvalue weighted by Crippen LogP contribution is -2.23. The minimum absolute atomic E-state index is 0.260. The number of nitrogens with zero attached hydrogens (tertiary/aromatic N) is 3. The Bertz CT molecular complexity index is 786. The van der Waals surface area contributed by atoms with Crippen LogP contribution in [0, 0.1) is 0 Å². The number of halogens is 1. The Morgan fingerprint density at radius 3 is 2.59 bits per heavy atom. The first-order chi connectivity index (χ1) is 10.7. The van der Waals surface area contributed by atoms with Gasteiger partial charge >= 0.3 is 0 Å². The average molecular weight is 313 g/mol. The number of rotatable bonds is 4. The molecule has 1 aromatic heterocycles. The monoisotopic (exact) mass is 312 g/mol. The molecule has 22 heavy (non-hydrogen) atoms. The molecule has 3 rings (SSSR count). The Hall–Kier alpha value is -2.66. The number of hydrogen-bond acceptors (Lipinski definition) is 3. The molecule has 1 heterocycles. The van der Waals surface area contributed by atoms with Crippen LogP contribution < -0.4 is 5.32 Å². The number of aromatic nitrogens is 3. The number of carbonyl (C=O) groups is 1. The van der Waals surface area contributed by atoms with Crippen LogP contribution in [0.15, 0.2) is 60.8 Å². The molecule has 1 amide bonds. The van der Waals surface area contributed by atoms with Gasteiger partial charge in [0.2, 0.25) is 0 Å². The van der Waals surface area contributed by atoms with Gasteiger partial charge in [0.25, 0.3) is 5.91 Å². The molecule has 6 heteroatoms. The van der Waals surface area contributed by atoms with Gasteiger partial charge in [-0.05, 0) is 23.8 Å². The Morgan fingerprint density at radius 1 is 1.09 bits per heavy atom. The summed E-state index contributed by atoms with van der Waals surface area (Å²) in [6.45, 7) is 0.344. The zero-order valence-electron chi connectivity index (χ0n) is 11.6. The van der Waals surface area contributed by atoms with Gasteiger partial charge in [0, 0.05) is 11.6 Å². The number of benzene rings is 2. The third-order valence-corrected chi connectivity index (χ3v) is 3.48. The summed E-state index contributed by atoms with van der Waals surface area (Å²) in [5.41, 5.74) is 1.91. The highest BCUT2D eigenvalue weighted by atomic mass is 35.5. The van der Waals surface area contributed by atoms with Gasteiger partial charge < -0.3 is 5.32 Å². The van der Waals surface area contributed by atoms with Crippen LogP contribution in [0.3, 0.4) is 0 Å². The summed E-state index contributed by atoms with van der Waals surface area (Å²) in [7, 11) is 0. The fourth-order valence-electron chi connectivity index (χ4n) is 1.96. The van der Waals surface area contributed by atoms with E-state index in [1.807, 2.05) is 48.5 Å². The van der Waals surface area contributed by atoms with Crippen LogP contribution in [0.25, 0.3) is 5.69 Å². The smallest absolute Gasteiger partial charge is 0.273 e. The quantitative estimate of drug-likeness (QED) is 0.806. The Kier molecular flexibility index (Phi) is 4.16. The fourth-order valence-corrected chi connectivity index (χ4v) is 2.16. The minimum Gasteiger partial charge on any atom is -0.346 e. The highest BCUT2D eigenvalue weighted by Crippen LogP contribution is 2.14. The predicted octanol–water partition coefficient (Wildman–Crippen LogP) is 2.85. The maximum Gasteiger partial charge on any atom is 0.273 e. The van der Waals surface area contributed by atoms with Crippen LogP contribution >= 0.6 is 11.6 Å². The average Bonchev–Trinajstić information content (AvgIpc) is 3.05. The van der Waals surface area contributed by atoms with E-state index in [2.05, 4.69) is 15.5 Å². The molecule has 0 spiro atoms. The third-order valence-electron chi connectivity index (χ3n) is 3.11. The van der Waals surface area contributed by atoms with Gasteiger partial charge in [0.05, 0.1) is 11.9 Å². The second-order valence-electron chi connectivity index (χ2n) is 4.63. The van der Waals surface area contributed by atoms with E-state index in [9.17, 15) is 4.79 Å². The van der Waals surface area contributed by atoms with Crippen molar-refractivity contribution in [3.8, 4) is 5.69 Å². The molecule has 0 fully saturated rings. The molecule has 0 radical (unpaired) electrons. The summed E-state index contributed by atoms with van der Waals surface area (Å²) in [5, 5.41) is 11.7. The van der Waals surface area contributed by atoms with E-state index in [0.717, 1.165) is 11.3 Å². The maximum atomic E-state index is 12.1. The number of amides is 1. The molecule has 5 nitrogen and oxygen atoms in total. The molecule has 110 valence electrons. The second kappa shape index (κ2) is 6.41. The molecule has 2 aromatic carbocycles. The second-order valence-corrected chi connectivity index (χ2v) is 5.04. The van der Waals surface area contributed by atoms with Crippen molar-refractivity contribution in [2.75, 3.05) is 0 Å². The van der Waals surface area contributed by atoms with E-state index >= 15 is 0 Å². The van der Waals surface area contributed by atoms with Crippen molar-refractivity contribution in [3.05, 3.63) is 77.1 Å². The van der Waals surface area contributed by atoms with Gasteiger partial charge in [-0.15, -0.1) is 5.10 Å². The molecule has 0 atom stereocenters. The van der Waals surface area contributed by atoms with Gasteiger partial charge in [-0.25, -0.2) is 0 Å². The first-order valence-electron chi connectivity index (χ1n) is 6.73. The molecule has 1 N–H and O–H groups in total. The predicted molar refractivity (Wildman–Crippen MR) is 84.0 cm³/mol. The lowest BCUT2D eigenvalue weighted by molar-refractivity contribution is 0.0945.